The summed E-state index contributed by atoms with van der Waals surface area (Å²) in [5.74, 6) is 1.21. The number of pyridine rings is 1. The SMILES string of the molecule is CNC(C)Cc1noc(-c2cc(C)nc3c2c(C)nn3C)n1. The summed E-state index contributed by atoms with van der Waals surface area (Å²) in [7, 11) is 3.81. The topological polar surface area (TPSA) is 81.7 Å². The molecular formula is C15H20N6O. The number of aromatic nitrogens is 5. The maximum Gasteiger partial charge on any atom is 0.258 e. The van der Waals surface area contributed by atoms with Gasteiger partial charge in [0.1, 0.15) is 0 Å². The van der Waals surface area contributed by atoms with Gasteiger partial charge in [0, 0.05) is 25.2 Å². The summed E-state index contributed by atoms with van der Waals surface area (Å²) in [6.45, 7) is 5.99. The smallest absolute Gasteiger partial charge is 0.258 e. The zero-order valence-electron chi connectivity index (χ0n) is 13.5. The Morgan fingerprint density at radius 3 is 2.82 bits per heavy atom. The highest BCUT2D eigenvalue weighted by Gasteiger charge is 2.18. The van der Waals surface area contributed by atoms with Crippen molar-refractivity contribution in [3.63, 3.8) is 0 Å². The van der Waals surface area contributed by atoms with E-state index in [2.05, 4.69) is 32.5 Å². The van der Waals surface area contributed by atoms with Gasteiger partial charge in [-0.15, -0.1) is 0 Å². The number of aryl methyl sites for hydroxylation is 3. The Kier molecular flexibility index (Phi) is 3.66. The molecule has 1 N–H and O–H groups in total. The van der Waals surface area contributed by atoms with Crippen molar-refractivity contribution in [2.45, 2.75) is 33.2 Å². The molecule has 0 amide bonds. The Morgan fingerprint density at radius 1 is 1.32 bits per heavy atom. The third-order valence-electron chi connectivity index (χ3n) is 3.78. The summed E-state index contributed by atoms with van der Waals surface area (Å²) < 4.78 is 7.25. The second-order valence-electron chi connectivity index (χ2n) is 5.63. The molecule has 3 aromatic heterocycles. The molecule has 0 aliphatic heterocycles. The van der Waals surface area contributed by atoms with Crippen LogP contribution in [0, 0.1) is 13.8 Å². The summed E-state index contributed by atoms with van der Waals surface area (Å²) in [4.78, 5) is 9.08. The fourth-order valence-electron chi connectivity index (χ4n) is 2.56. The van der Waals surface area contributed by atoms with E-state index in [0.717, 1.165) is 34.4 Å². The van der Waals surface area contributed by atoms with Crippen LogP contribution in [0.2, 0.25) is 0 Å². The number of hydrogen-bond donors (Lipinski definition) is 1. The first kappa shape index (κ1) is 14.6. The molecule has 7 heteroatoms. The van der Waals surface area contributed by atoms with Crippen LogP contribution in [0.3, 0.4) is 0 Å². The standard InChI is InChI=1S/C15H20N6O/c1-8(16-4)7-12-18-15(22-20-12)11-6-9(2)17-14-13(11)10(3)19-21(14)5/h6,8,16H,7H2,1-5H3. The molecule has 22 heavy (non-hydrogen) atoms. The van der Waals surface area contributed by atoms with E-state index in [9.17, 15) is 0 Å². The van der Waals surface area contributed by atoms with Crippen LogP contribution in [0.15, 0.2) is 10.6 Å². The lowest BCUT2D eigenvalue weighted by molar-refractivity contribution is 0.418. The average Bonchev–Trinajstić information content (AvgIpc) is 3.04. The second-order valence-corrected chi connectivity index (χ2v) is 5.63. The fraction of sp³-hybridized carbons (Fsp3) is 0.467. The van der Waals surface area contributed by atoms with Crippen LogP contribution in [0.5, 0.6) is 0 Å². The Labute approximate surface area is 128 Å². The zero-order valence-corrected chi connectivity index (χ0v) is 13.5. The third-order valence-corrected chi connectivity index (χ3v) is 3.78. The van der Waals surface area contributed by atoms with E-state index >= 15 is 0 Å². The van der Waals surface area contributed by atoms with E-state index in [0.29, 0.717) is 17.8 Å². The van der Waals surface area contributed by atoms with Crippen LogP contribution in [-0.2, 0) is 13.5 Å². The fourth-order valence-corrected chi connectivity index (χ4v) is 2.56. The Hall–Kier alpha value is -2.28. The second kappa shape index (κ2) is 5.49. The van der Waals surface area contributed by atoms with E-state index in [1.165, 1.54) is 0 Å². The average molecular weight is 300 g/mol. The molecule has 0 spiro atoms. The van der Waals surface area contributed by atoms with Gasteiger partial charge in [0.2, 0.25) is 0 Å². The molecule has 116 valence electrons. The normalized spacial score (nSPS) is 13.0. The van der Waals surface area contributed by atoms with Crippen molar-refractivity contribution in [2.75, 3.05) is 7.05 Å². The van der Waals surface area contributed by atoms with Crippen molar-refractivity contribution in [3.05, 3.63) is 23.3 Å². The Bertz CT molecular complexity index is 819. The number of hydrogen-bond acceptors (Lipinski definition) is 6. The van der Waals surface area contributed by atoms with Crippen molar-refractivity contribution in [2.24, 2.45) is 7.05 Å². The number of rotatable bonds is 4. The van der Waals surface area contributed by atoms with Gasteiger partial charge in [-0.05, 0) is 33.9 Å². The Balaban J connectivity index is 2.10. The van der Waals surface area contributed by atoms with Crippen molar-refractivity contribution < 1.29 is 4.52 Å². The van der Waals surface area contributed by atoms with Crippen LogP contribution in [0.25, 0.3) is 22.5 Å². The van der Waals surface area contributed by atoms with Gasteiger partial charge in [-0.1, -0.05) is 5.16 Å². The van der Waals surface area contributed by atoms with Crippen molar-refractivity contribution in [1.29, 1.82) is 0 Å². The first-order valence-electron chi connectivity index (χ1n) is 7.30. The van der Waals surface area contributed by atoms with Crippen LogP contribution in [0.1, 0.15) is 24.1 Å². The van der Waals surface area contributed by atoms with Crippen molar-refractivity contribution in [3.8, 4) is 11.5 Å². The molecule has 0 radical (unpaired) electrons. The third kappa shape index (κ3) is 2.48. The van der Waals surface area contributed by atoms with Gasteiger partial charge in [0.25, 0.3) is 5.89 Å². The molecule has 1 unspecified atom stereocenters. The van der Waals surface area contributed by atoms with Crippen LogP contribution >= 0.6 is 0 Å². The first-order chi connectivity index (χ1) is 10.5. The summed E-state index contributed by atoms with van der Waals surface area (Å²) in [5, 5.41) is 12.7. The highest BCUT2D eigenvalue weighted by molar-refractivity contribution is 5.92. The van der Waals surface area contributed by atoms with Crippen molar-refractivity contribution >= 4 is 11.0 Å². The summed E-state index contributed by atoms with van der Waals surface area (Å²) in [6, 6.07) is 2.26. The molecule has 3 aromatic rings. The van der Waals surface area contributed by atoms with Gasteiger partial charge in [-0.3, -0.25) is 4.68 Å². The molecule has 0 saturated heterocycles. The van der Waals surface area contributed by atoms with Crippen LogP contribution in [0.4, 0.5) is 0 Å². The molecule has 3 heterocycles. The maximum absolute atomic E-state index is 5.47. The lowest BCUT2D eigenvalue weighted by atomic mass is 10.1. The lowest BCUT2D eigenvalue weighted by Crippen LogP contribution is -2.24. The summed E-state index contributed by atoms with van der Waals surface area (Å²) >= 11 is 0. The number of nitrogens with one attached hydrogen (secondary N) is 1. The quantitative estimate of drug-likeness (QED) is 0.791. The van der Waals surface area contributed by atoms with Crippen LogP contribution < -0.4 is 5.32 Å². The van der Waals surface area contributed by atoms with E-state index in [-0.39, 0.29) is 0 Å². The predicted molar refractivity (Wildman–Crippen MR) is 83.5 cm³/mol. The maximum atomic E-state index is 5.47. The predicted octanol–water partition coefficient (Wildman–Crippen LogP) is 1.79. The molecule has 0 fully saturated rings. The van der Waals surface area contributed by atoms with Gasteiger partial charge in [0.15, 0.2) is 11.5 Å². The molecule has 0 bridgehead atoms. The minimum absolute atomic E-state index is 0.296. The highest BCUT2D eigenvalue weighted by Crippen LogP contribution is 2.29. The number of likely N-dealkylation sites (N-methyl/N-ethyl adjacent to an activating group) is 1. The van der Waals surface area contributed by atoms with Gasteiger partial charge in [-0.2, -0.15) is 10.1 Å². The zero-order chi connectivity index (χ0) is 15.9. The van der Waals surface area contributed by atoms with E-state index in [1.54, 1.807) is 4.68 Å². The molecule has 3 rings (SSSR count). The van der Waals surface area contributed by atoms with Gasteiger partial charge >= 0.3 is 0 Å². The molecular weight excluding hydrogens is 280 g/mol. The van der Waals surface area contributed by atoms with Crippen LogP contribution in [-0.4, -0.2) is 38.0 Å². The van der Waals surface area contributed by atoms with E-state index in [1.807, 2.05) is 34.0 Å². The largest absolute Gasteiger partial charge is 0.334 e. The summed E-state index contributed by atoms with van der Waals surface area (Å²) in [5.41, 5.74) is 3.52. The molecule has 0 aliphatic rings. The molecule has 7 nitrogen and oxygen atoms in total. The molecule has 0 aliphatic carbocycles. The highest BCUT2D eigenvalue weighted by atomic mass is 16.5. The number of fused-ring (bicyclic) bond motifs is 1. The molecule has 1 atom stereocenters. The minimum atomic E-state index is 0.296. The summed E-state index contributed by atoms with van der Waals surface area (Å²) in [6.07, 6.45) is 0.721. The molecule has 0 aromatic carbocycles. The molecule has 0 saturated carbocycles. The van der Waals surface area contributed by atoms with Crippen molar-refractivity contribution in [1.82, 2.24) is 30.2 Å². The minimum Gasteiger partial charge on any atom is -0.334 e. The van der Waals surface area contributed by atoms with E-state index in [4.69, 9.17) is 4.52 Å². The monoisotopic (exact) mass is 300 g/mol. The van der Waals surface area contributed by atoms with Gasteiger partial charge < -0.3 is 9.84 Å². The van der Waals surface area contributed by atoms with E-state index < -0.39 is 0 Å². The van der Waals surface area contributed by atoms with Gasteiger partial charge in [-0.25, -0.2) is 4.98 Å². The Morgan fingerprint density at radius 2 is 2.09 bits per heavy atom. The van der Waals surface area contributed by atoms with Gasteiger partial charge in [0.05, 0.1) is 16.6 Å². The lowest BCUT2D eigenvalue weighted by Gasteiger charge is -2.04. The first-order valence-corrected chi connectivity index (χ1v) is 7.30. The number of nitrogens with zero attached hydrogens (tertiary/aromatic N) is 5.